The largest absolute Gasteiger partial charge is 0.504 e. The number of unbranched alkanes of at least 4 members (excludes halogenated alkanes) is 2. The van der Waals surface area contributed by atoms with Crippen LogP contribution in [-0.4, -0.2) is 54.1 Å². The van der Waals surface area contributed by atoms with Gasteiger partial charge in [-0.15, -0.1) is 0 Å². The molecule has 2 aromatic rings. The van der Waals surface area contributed by atoms with Gasteiger partial charge < -0.3 is 26.0 Å². The quantitative estimate of drug-likeness (QED) is 0.157. The summed E-state index contributed by atoms with van der Waals surface area (Å²) in [5.74, 6) is 0.696. The summed E-state index contributed by atoms with van der Waals surface area (Å²) < 4.78 is 5.23. The highest BCUT2D eigenvalue weighted by Crippen LogP contribution is 2.34. The summed E-state index contributed by atoms with van der Waals surface area (Å²) in [6, 6.07) is 6.63. The van der Waals surface area contributed by atoms with E-state index in [1.807, 2.05) is 13.1 Å². The zero-order valence-corrected chi connectivity index (χ0v) is 21.5. The molecule has 0 aliphatic rings. The number of allylic oxidation sites excluding steroid dienone is 1. The van der Waals surface area contributed by atoms with Crippen molar-refractivity contribution in [3.63, 3.8) is 0 Å². The Morgan fingerprint density at radius 2 is 2.00 bits per heavy atom. The van der Waals surface area contributed by atoms with E-state index in [1.54, 1.807) is 24.4 Å². The number of aliphatic hydroxyl groups excluding tert-OH is 1. The van der Waals surface area contributed by atoms with Gasteiger partial charge in [0.2, 0.25) is 0 Å². The first-order valence-corrected chi connectivity index (χ1v) is 12.4. The Morgan fingerprint density at radius 1 is 1.22 bits per heavy atom. The molecule has 36 heavy (non-hydrogen) atoms. The summed E-state index contributed by atoms with van der Waals surface area (Å²) in [5, 5.41) is 23.5. The molecule has 1 aromatic heterocycles. The first-order valence-electron chi connectivity index (χ1n) is 12.4. The average Bonchev–Trinajstić information content (AvgIpc) is 2.84. The number of rotatable bonds is 16. The van der Waals surface area contributed by atoms with Gasteiger partial charge in [-0.1, -0.05) is 25.8 Å². The van der Waals surface area contributed by atoms with Gasteiger partial charge in [-0.05, 0) is 85.3 Å². The van der Waals surface area contributed by atoms with E-state index in [9.17, 15) is 19.8 Å². The smallest absolute Gasteiger partial charge is 0.163 e. The third-order valence-electron chi connectivity index (χ3n) is 6.07. The summed E-state index contributed by atoms with van der Waals surface area (Å²) in [5.41, 5.74) is 8.09. The molecule has 0 saturated heterocycles. The maximum absolute atomic E-state index is 12.7. The molecule has 8 nitrogen and oxygen atoms in total. The van der Waals surface area contributed by atoms with Crippen molar-refractivity contribution in [3.8, 4) is 11.5 Å². The van der Waals surface area contributed by atoms with Crippen LogP contribution in [0.15, 0.2) is 36.5 Å². The number of Topliss-reactive ketones (excluding diaryl/α,β-unsaturated/α-hetero) is 1. The highest BCUT2D eigenvalue weighted by molar-refractivity contribution is 6.07. The molecule has 0 unspecified atom stereocenters. The SMILES string of the molecule is CNC[C@H](C)CCCCCC(=O)CC(=O)/C=C(\CO)c1cc(OC)c(O)cc1Cc1ccc(N)nc1. The van der Waals surface area contributed by atoms with Crippen LogP contribution in [0.4, 0.5) is 5.82 Å². The van der Waals surface area contributed by atoms with Gasteiger partial charge in [0.25, 0.3) is 0 Å². The maximum Gasteiger partial charge on any atom is 0.163 e. The number of pyridine rings is 1. The number of hydrogen-bond acceptors (Lipinski definition) is 8. The van der Waals surface area contributed by atoms with Gasteiger partial charge in [-0.3, -0.25) is 9.59 Å². The molecule has 0 saturated carbocycles. The van der Waals surface area contributed by atoms with E-state index in [2.05, 4.69) is 17.2 Å². The summed E-state index contributed by atoms with van der Waals surface area (Å²) in [7, 11) is 3.37. The zero-order chi connectivity index (χ0) is 26.5. The highest BCUT2D eigenvalue weighted by atomic mass is 16.5. The summed E-state index contributed by atoms with van der Waals surface area (Å²) in [6.07, 6.45) is 7.41. The molecule has 5 N–H and O–H groups in total. The van der Waals surface area contributed by atoms with Gasteiger partial charge in [-0.2, -0.15) is 0 Å². The fourth-order valence-corrected chi connectivity index (χ4v) is 4.16. The van der Waals surface area contributed by atoms with Crippen molar-refractivity contribution in [2.45, 2.75) is 51.9 Å². The fraction of sp³-hybridized carbons (Fsp3) is 0.464. The molecule has 1 heterocycles. The van der Waals surface area contributed by atoms with Gasteiger partial charge in [0.1, 0.15) is 11.6 Å². The third kappa shape index (κ3) is 9.43. The molecular formula is C28H39N3O5. The van der Waals surface area contributed by atoms with E-state index in [4.69, 9.17) is 10.5 Å². The van der Waals surface area contributed by atoms with Crippen LogP contribution in [0.5, 0.6) is 11.5 Å². The molecule has 196 valence electrons. The van der Waals surface area contributed by atoms with Crippen LogP contribution < -0.4 is 15.8 Å². The number of benzene rings is 1. The molecule has 0 spiro atoms. The van der Waals surface area contributed by atoms with Gasteiger partial charge >= 0.3 is 0 Å². The number of nitrogens with one attached hydrogen (secondary N) is 1. The first-order chi connectivity index (χ1) is 17.3. The molecule has 1 atom stereocenters. The Morgan fingerprint density at radius 3 is 2.64 bits per heavy atom. The number of nitrogen functional groups attached to an aromatic ring is 1. The minimum absolute atomic E-state index is 0.0567. The normalized spacial score (nSPS) is 12.4. The van der Waals surface area contributed by atoms with E-state index in [-0.39, 0.29) is 29.5 Å². The molecule has 0 bridgehead atoms. The Bertz CT molecular complexity index is 1030. The summed E-state index contributed by atoms with van der Waals surface area (Å²) in [6.45, 7) is 2.78. The van der Waals surface area contributed by atoms with E-state index >= 15 is 0 Å². The topological polar surface area (TPSA) is 135 Å². The highest BCUT2D eigenvalue weighted by Gasteiger charge is 2.16. The molecular weight excluding hydrogens is 458 g/mol. The lowest BCUT2D eigenvalue weighted by molar-refractivity contribution is -0.124. The summed E-state index contributed by atoms with van der Waals surface area (Å²) >= 11 is 0. The van der Waals surface area contributed by atoms with Crippen molar-refractivity contribution >= 4 is 23.0 Å². The minimum atomic E-state index is -0.411. The van der Waals surface area contributed by atoms with Crippen molar-refractivity contribution in [2.24, 2.45) is 5.92 Å². The van der Waals surface area contributed by atoms with Gasteiger partial charge in [0.05, 0.1) is 20.1 Å². The van der Waals surface area contributed by atoms with Crippen LogP contribution in [0, 0.1) is 5.92 Å². The van der Waals surface area contributed by atoms with Crippen molar-refractivity contribution in [1.82, 2.24) is 10.3 Å². The van der Waals surface area contributed by atoms with Crippen molar-refractivity contribution < 1.29 is 24.5 Å². The molecule has 0 amide bonds. The van der Waals surface area contributed by atoms with Gasteiger partial charge in [-0.25, -0.2) is 4.98 Å². The second-order valence-corrected chi connectivity index (χ2v) is 9.22. The molecule has 0 fully saturated rings. The second-order valence-electron chi connectivity index (χ2n) is 9.22. The van der Waals surface area contributed by atoms with Crippen LogP contribution in [0.2, 0.25) is 0 Å². The monoisotopic (exact) mass is 497 g/mol. The number of hydrogen-bond donors (Lipinski definition) is 4. The lowest BCUT2D eigenvalue weighted by Gasteiger charge is -2.15. The van der Waals surface area contributed by atoms with Gasteiger partial charge in [0, 0.05) is 12.6 Å². The first kappa shape index (κ1) is 29.0. The number of phenolic OH excluding ortho intramolecular Hbond substituents is 1. The molecule has 1 aromatic carbocycles. The number of aromatic hydroxyl groups is 1. The fourth-order valence-electron chi connectivity index (χ4n) is 4.16. The molecule has 0 aliphatic heterocycles. The minimum Gasteiger partial charge on any atom is -0.504 e. The van der Waals surface area contributed by atoms with E-state index < -0.39 is 6.61 Å². The third-order valence-corrected chi connectivity index (χ3v) is 6.07. The second kappa shape index (κ2) is 15.0. The predicted octanol–water partition coefficient (Wildman–Crippen LogP) is 3.68. The van der Waals surface area contributed by atoms with Crippen LogP contribution in [0.3, 0.4) is 0 Å². The van der Waals surface area contributed by atoms with E-state index in [0.717, 1.165) is 37.8 Å². The Labute approximate surface area is 213 Å². The molecule has 0 radical (unpaired) electrons. The van der Waals surface area contributed by atoms with Crippen molar-refractivity contribution in [3.05, 3.63) is 53.2 Å². The lowest BCUT2D eigenvalue weighted by Crippen LogP contribution is -2.15. The number of aromatic nitrogens is 1. The van der Waals surface area contributed by atoms with E-state index in [1.165, 1.54) is 13.2 Å². The Balaban J connectivity index is 2.08. The van der Waals surface area contributed by atoms with E-state index in [0.29, 0.717) is 41.3 Å². The summed E-state index contributed by atoms with van der Waals surface area (Å²) in [4.78, 5) is 29.1. The van der Waals surface area contributed by atoms with Crippen LogP contribution >= 0.6 is 0 Å². The lowest BCUT2D eigenvalue weighted by atomic mass is 9.93. The number of carbonyl (C=O) groups excluding carboxylic acids is 2. The average molecular weight is 498 g/mol. The molecule has 2 rings (SSSR count). The Kier molecular flexibility index (Phi) is 12.1. The standard InChI is InChI=1S/C28H39N3O5/c1-19(16-30-2)7-5-4-6-8-23(33)14-24(34)12-22(18-32)25-15-27(36-3)26(35)13-21(25)11-20-9-10-28(29)31-17-20/h9-10,12-13,15,17,19,30,32,35H,4-8,11,14,16,18H2,1-3H3,(H2,29,31)/b22-12+/t19-/m1/s1. The van der Waals surface area contributed by atoms with Crippen LogP contribution in [0.25, 0.3) is 5.57 Å². The number of ether oxygens (including phenoxy) is 1. The zero-order valence-electron chi connectivity index (χ0n) is 21.5. The number of methoxy groups -OCH3 is 1. The number of anilines is 1. The number of ketones is 2. The van der Waals surface area contributed by atoms with Crippen molar-refractivity contribution in [1.29, 1.82) is 0 Å². The molecule has 8 heteroatoms. The van der Waals surface area contributed by atoms with Crippen molar-refractivity contribution in [2.75, 3.05) is 33.0 Å². The predicted molar refractivity (Wildman–Crippen MR) is 142 cm³/mol. The molecule has 0 aliphatic carbocycles. The number of aliphatic hydroxyl groups is 1. The number of phenols is 1. The number of carbonyl (C=O) groups is 2. The number of nitrogens with zero attached hydrogens (tertiary/aromatic N) is 1. The maximum atomic E-state index is 12.7. The van der Waals surface area contributed by atoms with Gasteiger partial charge in [0.15, 0.2) is 17.3 Å². The van der Waals surface area contributed by atoms with Crippen LogP contribution in [0.1, 0.15) is 62.1 Å². The number of nitrogens with two attached hydrogens (primary N) is 1. The Hall–Kier alpha value is -3.23. The van der Waals surface area contributed by atoms with Crippen LogP contribution in [-0.2, 0) is 16.0 Å².